The predicted octanol–water partition coefficient (Wildman–Crippen LogP) is 1.90. The lowest BCUT2D eigenvalue weighted by Crippen LogP contribution is -2.33. The van der Waals surface area contributed by atoms with Crippen molar-refractivity contribution < 1.29 is 4.79 Å². The molecule has 2 nitrogen and oxygen atoms in total. The van der Waals surface area contributed by atoms with Crippen molar-refractivity contribution in [2.24, 2.45) is 5.92 Å². The third-order valence-electron chi connectivity index (χ3n) is 1.54. The number of rotatable bonds is 4. The smallest absolute Gasteiger partial charge is 0.226 e. The van der Waals surface area contributed by atoms with Crippen LogP contribution < -0.4 is 0 Å². The van der Waals surface area contributed by atoms with E-state index in [4.69, 9.17) is 11.6 Å². The molecule has 0 saturated carbocycles. The molecular formula is C9H16ClNO. The molecule has 0 N–H and O–H groups in total. The molecule has 0 aliphatic carbocycles. The van der Waals surface area contributed by atoms with Gasteiger partial charge in [0, 0.05) is 25.4 Å². The zero-order valence-corrected chi connectivity index (χ0v) is 8.69. The van der Waals surface area contributed by atoms with E-state index in [1.165, 1.54) is 0 Å². The standard InChI is InChI=1S/C9H16ClNO/c1-7(2)6-11(4)9(12)8(3)5-10/h8H,1,5-6H2,2-4H3. The number of hydrogen-bond acceptors (Lipinski definition) is 1. The number of halogens is 1. The van der Waals surface area contributed by atoms with E-state index >= 15 is 0 Å². The van der Waals surface area contributed by atoms with Gasteiger partial charge in [0.15, 0.2) is 0 Å². The maximum atomic E-state index is 11.4. The van der Waals surface area contributed by atoms with Crippen LogP contribution >= 0.6 is 11.6 Å². The van der Waals surface area contributed by atoms with Crippen molar-refractivity contribution >= 4 is 17.5 Å². The van der Waals surface area contributed by atoms with Gasteiger partial charge in [-0.1, -0.05) is 19.1 Å². The second-order valence-corrected chi connectivity index (χ2v) is 3.52. The summed E-state index contributed by atoms with van der Waals surface area (Å²) in [6.07, 6.45) is 0. The van der Waals surface area contributed by atoms with Crippen LogP contribution in [0.15, 0.2) is 12.2 Å². The molecule has 3 heteroatoms. The van der Waals surface area contributed by atoms with Gasteiger partial charge in [-0.3, -0.25) is 4.79 Å². The van der Waals surface area contributed by atoms with Gasteiger partial charge in [-0.05, 0) is 6.92 Å². The van der Waals surface area contributed by atoms with Crippen LogP contribution in [0.1, 0.15) is 13.8 Å². The molecule has 0 aromatic rings. The molecule has 0 saturated heterocycles. The molecule has 0 aromatic carbocycles. The maximum absolute atomic E-state index is 11.4. The third-order valence-corrected chi connectivity index (χ3v) is 2.00. The van der Waals surface area contributed by atoms with E-state index in [-0.39, 0.29) is 11.8 Å². The highest BCUT2D eigenvalue weighted by Gasteiger charge is 2.15. The average Bonchev–Trinajstić information content (AvgIpc) is 2.00. The Morgan fingerprint density at radius 3 is 2.50 bits per heavy atom. The van der Waals surface area contributed by atoms with Crippen LogP contribution in [0.25, 0.3) is 0 Å². The van der Waals surface area contributed by atoms with Crippen LogP contribution in [0.4, 0.5) is 0 Å². The molecule has 0 bridgehead atoms. The fraction of sp³-hybridized carbons (Fsp3) is 0.667. The number of likely N-dealkylation sites (N-methyl/N-ethyl adjacent to an activating group) is 1. The van der Waals surface area contributed by atoms with Crippen molar-refractivity contribution in [2.75, 3.05) is 19.5 Å². The fourth-order valence-electron chi connectivity index (χ4n) is 0.925. The maximum Gasteiger partial charge on any atom is 0.226 e. The van der Waals surface area contributed by atoms with E-state index in [1.807, 2.05) is 13.8 Å². The molecule has 0 fully saturated rings. The van der Waals surface area contributed by atoms with Gasteiger partial charge in [0.2, 0.25) is 5.91 Å². The molecule has 12 heavy (non-hydrogen) atoms. The van der Waals surface area contributed by atoms with Crippen molar-refractivity contribution in [2.45, 2.75) is 13.8 Å². The lowest BCUT2D eigenvalue weighted by Gasteiger charge is -2.19. The Morgan fingerprint density at radius 2 is 2.17 bits per heavy atom. The normalized spacial score (nSPS) is 12.3. The second-order valence-electron chi connectivity index (χ2n) is 3.21. The quantitative estimate of drug-likeness (QED) is 0.489. The van der Waals surface area contributed by atoms with E-state index in [1.54, 1.807) is 11.9 Å². The summed E-state index contributed by atoms with van der Waals surface area (Å²) in [5.41, 5.74) is 0.979. The van der Waals surface area contributed by atoms with Crippen molar-refractivity contribution in [3.8, 4) is 0 Å². The summed E-state index contributed by atoms with van der Waals surface area (Å²) in [7, 11) is 1.76. The van der Waals surface area contributed by atoms with E-state index < -0.39 is 0 Å². The first-order valence-electron chi connectivity index (χ1n) is 3.94. The Kier molecular flexibility index (Phi) is 4.98. The lowest BCUT2D eigenvalue weighted by molar-refractivity contribution is -0.132. The Bertz CT molecular complexity index is 179. The van der Waals surface area contributed by atoms with Crippen LogP contribution in [-0.2, 0) is 4.79 Å². The van der Waals surface area contributed by atoms with Crippen LogP contribution in [0.2, 0.25) is 0 Å². The van der Waals surface area contributed by atoms with Gasteiger partial charge in [-0.15, -0.1) is 11.6 Å². The summed E-state index contributed by atoms with van der Waals surface area (Å²) >= 11 is 5.56. The van der Waals surface area contributed by atoms with Gasteiger partial charge >= 0.3 is 0 Å². The molecule has 0 aromatic heterocycles. The number of hydrogen-bond donors (Lipinski definition) is 0. The van der Waals surface area contributed by atoms with Gasteiger partial charge in [-0.25, -0.2) is 0 Å². The average molecular weight is 190 g/mol. The minimum atomic E-state index is -0.101. The van der Waals surface area contributed by atoms with Crippen molar-refractivity contribution in [3.63, 3.8) is 0 Å². The highest BCUT2D eigenvalue weighted by Crippen LogP contribution is 2.04. The van der Waals surface area contributed by atoms with Crippen molar-refractivity contribution in [3.05, 3.63) is 12.2 Å². The SMILES string of the molecule is C=C(C)CN(C)C(=O)C(C)CCl. The van der Waals surface area contributed by atoms with Gasteiger partial charge in [-0.2, -0.15) is 0 Å². The second kappa shape index (κ2) is 5.20. The van der Waals surface area contributed by atoms with E-state index in [9.17, 15) is 4.79 Å². The molecule has 0 rings (SSSR count). The van der Waals surface area contributed by atoms with Crippen LogP contribution in [-0.4, -0.2) is 30.3 Å². The first kappa shape index (κ1) is 11.5. The minimum absolute atomic E-state index is 0.0769. The third kappa shape index (κ3) is 3.77. The van der Waals surface area contributed by atoms with Crippen LogP contribution in [0.3, 0.4) is 0 Å². The molecule has 70 valence electrons. The highest BCUT2D eigenvalue weighted by molar-refractivity contribution is 6.19. The number of carbonyl (C=O) groups excluding carboxylic acids is 1. The molecule has 0 radical (unpaired) electrons. The summed E-state index contributed by atoms with van der Waals surface area (Å²) < 4.78 is 0. The van der Waals surface area contributed by atoms with Gasteiger partial charge < -0.3 is 4.90 Å². The summed E-state index contributed by atoms with van der Waals surface area (Å²) in [4.78, 5) is 13.1. The van der Waals surface area contributed by atoms with Gasteiger partial charge in [0.25, 0.3) is 0 Å². The Balaban J connectivity index is 4.01. The summed E-state index contributed by atoms with van der Waals surface area (Å²) in [5.74, 6) is 0.350. The van der Waals surface area contributed by atoms with E-state index in [0.29, 0.717) is 12.4 Å². The Morgan fingerprint density at radius 1 is 1.67 bits per heavy atom. The van der Waals surface area contributed by atoms with E-state index in [0.717, 1.165) is 5.57 Å². The van der Waals surface area contributed by atoms with Crippen LogP contribution in [0, 0.1) is 5.92 Å². The lowest BCUT2D eigenvalue weighted by atomic mass is 10.2. The Labute approximate surface area is 79.2 Å². The molecule has 0 spiro atoms. The summed E-state index contributed by atoms with van der Waals surface area (Å²) in [5, 5.41) is 0. The number of nitrogens with zero attached hydrogens (tertiary/aromatic N) is 1. The molecule has 1 amide bonds. The summed E-state index contributed by atoms with van der Waals surface area (Å²) in [6, 6.07) is 0. The highest BCUT2D eigenvalue weighted by atomic mass is 35.5. The minimum Gasteiger partial charge on any atom is -0.342 e. The number of amides is 1. The fourth-order valence-corrected chi connectivity index (χ4v) is 1.06. The molecule has 0 heterocycles. The monoisotopic (exact) mass is 189 g/mol. The number of carbonyl (C=O) groups is 1. The predicted molar refractivity (Wildman–Crippen MR) is 52.3 cm³/mol. The zero-order chi connectivity index (χ0) is 9.72. The molecule has 0 aliphatic rings. The van der Waals surface area contributed by atoms with Gasteiger partial charge in [0.05, 0.1) is 0 Å². The molecular weight excluding hydrogens is 174 g/mol. The summed E-state index contributed by atoms with van der Waals surface area (Å²) in [6.45, 7) is 8.07. The first-order chi connectivity index (χ1) is 5.49. The number of alkyl halides is 1. The largest absolute Gasteiger partial charge is 0.342 e. The first-order valence-corrected chi connectivity index (χ1v) is 4.47. The van der Waals surface area contributed by atoms with Crippen LogP contribution in [0.5, 0.6) is 0 Å². The Hall–Kier alpha value is -0.500. The van der Waals surface area contributed by atoms with Crippen molar-refractivity contribution in [1.29, 1.82) is 0 Å². The molecule has 0 aliphatic heterocycles. The molecule has 1 atom stereocenters. The van der Waals surface area contributed by atoms with Gasteiger partial charge in [0.1, 0.15) is 0 Å². The van der Waals surface area contributed by atoms with Crippen molar-refractivity contribution in [1.82, 2.24) is 4.90 Å². The van der Waals surface area contributed by atoms with E-state index in [2.05, 4.69) is 6.58 Å². The molecule has 1 unspecified atom stereocenters. The zero-order valence-electron chi connectivity index (χ0n) is 7.93. The topological polar surface area (TPSA) is 20.3 Å².